The van der Waals surface area contributed by atoms with Gasteiger partial charge in [-0.25, -0.2) is 9.37 Å². The van der Waals surface area contributed by atoms with E-state index in [9.17, 15) is 27.2 Å². The Hall–Kier alpha value is -3.76. The van der Waals surface area contributed by atoms with Gasteiger partial charge in [0, 0.05) is 6.20 Å². The molecule has 172 valence electrons. The summed E-state index contributed by atoms with van der Waals surface area (Å²) >= 11 is 0. The predicted molar refractivity (Wildman–Crippen MR) is 111 cm³/mol. The number of ketones is 1. The van der Waals surface area contributed by atoms with Crippen LogP contribution in [0.4, 0.5) is 29.1 Å². The van der Waals surface area contributed by atoms with Crippen LogP contribution < -0.4 is 11.1 Å². The van der Waals surface area contributed by atoms with Crippen LogP contribution in [-0.4, -0.2) is 26.5 Å². The molecule has 0 saturated carbocycles. The minimum absolute atomic E-state index is 0.0112. The molecular formula is C22H19F4N5O2. The first kappa shape index (κ1) is 22.4. The van der Waals surface area contributed by atoms with E-state index in [0.29, 0.717) is 0 Å². The average Bonchev–Trinajstić information content (AvgIpc) is 3.19. The van der Waals surface area contributed by atoms with Gasteiger partial charge in [-0.05, 0) is 42.7 Å². The molecule has 1 unspecified atom stereocenters. The second-order valence-corrected chi connectivity index (χ2v) is 7.79. The van der Waals surface area contributed by atoms with E-state index in [1.807, 2.05) is 0 Å². The first-order chi connectivity index (χ1) is 15.6. The van der Waals surface area contributed by atoms with E-state index >= 15 is 0 Å². The van der Waals surface area contributed by atoms with Crippen LogP contribution in [0.15, 0.2) is 42.7 Å². The van der Waals surface area contributed by atoms with Gasteiger partial charge in [0.25, 0.3) is 5.91 Å². The molecule has 11 heteroatoms. The summed E-state index contributed by atoms with van der Waals surface area (Å²) in [6.45, 7) is 0.478. The van der Waals surface area contributed by atoms with Crippen LogP contribution in [0.1, 0.15) is 62.8 Å². The van der Waals surface area contributed by atoms with Gasteiger partial charge in [-0.15, -0.1) is 0 Å². The van der Waals surface area contributed by atoms with Crippen molar-refractivity contribution in [3.05, 3.63) is 70.7 Å². The van der Waals surface area contributed by atoms with E-state index in [1.54, 1.807) is 6.92 Å². The molecule has 33 heavy (non-hydrogen) atoms. The van der Waals surface area contributed by atoms with Crippen LogP contribution in [0.2, 0.25) is 0 Å². The number of nitrogen functional groups attached to an aromatic ring is 1. The van der Waals surface area contributed by atoms with Gasteiger partial charge < -0.3 is 11.1 Å². The van der Waals surface area contributed by atoms with Crippen LogP contribution in [0.25, 0.3) is 0 Å². The molecule has 1 amide bonds. The summed E-state index contributed by atoms with van der Waals surface area (Å²) in [5.41, 5.74) is 4.77. The number of hydrogen-bond donors (Lipinski definition) is 2. The topological polar surface area (TPSA) is 103 Å². The maximum atomic E-state index is 13.4. The van der Waals surface area contributed by atoms with E-state index in [1.165, 1.54) is 35.3 Å². The number of nitrogens with two attached hydrogens (primary N) is 1. The molecule has 0 fully saturated rings. The Balaban J connectivity index is 1.68. The number of nitrogens with zero attached hydrogens (tertiary/aromatic N) is 3. The molecule has 1 aliphatic heterocycles. The molecule has 0 radical (unpaired) electrons. The number of carbonyl (C=O) groups is 2. The number of pyridine rings is 1. The highest BCUT2D eigenvalue weighted by Gasteiger charge is 2.38. The molecule has 1 aliphatic rings. The van der Waals surface area contributed by atoms with Gasteiger partial charge in [0.15, 0.2) is 5.78 Å². The molecule has 2 aromatic heterocycles. The fourth-order valence-corrected chi connectivity index (χ4v) is 4.05. The van der Waals surface area contributed by atoms with E-state index in [0.717, 1.165) is 12.1 Å². The van der Waals surface area contributed by atoms with Crippen molar-refractivity contribution < 1.29 is 27.2 Å². The van der Waals surface area contributed by atoms with Crippen molar-refractivity contribution >= 4 is 23.2 Å². The zero-order chi connectivity index (χ0) is 23.9. The van der Waals surface area contributed by atoms with Crippen molar-refractivity contribution in [2.24, 2.45) is 0 Å². The van der Waals surface area contributed by atoms with Crippen LogP contribution in [0, 0.1) is 0 Å². The fraction of sp³-hybridized carbons (Fsp3) is 0.273. The van der Waals surface area contributed by atoms with Crippen molar-refractivity contribution in [1.29, 1.82) is 0 Å². The molecule has 0 bridgehead atoms. The van der Waals surface area contributed by atoms with Gasteiger partial charge in [-0.3, -0.25) is 14.3 Å². The van der Waals surface area contributed by atoms with Crippen LogP contribution in [-0.2, 0) is 12.9 Å². The third-order valence-electron chi connectivity index (χ3n) is 5.65. The maximum Gasteiger partial charge on any atom is 0.416 e. The molecule has 3 heterocycles. The highest BCUT2D eigenvalue weighted by molar-refractivity contribution is 6.12. The van der Waals surface area contributed by atoms with Crippen molar-refractivity contribution in [3.63, 3.8) is 0 Å². The Bertz CT molecular complexity index is 1240. The fourth-order valence-electron chi connectivity index (χ4n) is 4.05. The number of benzene rings is 1. The van der Waals surface area contributed by atoms with Gasteiger partial charge >= 0.3 is 6.18 Å². The van der Waals surface area contributed by atoms with Crippen molar-refractivity contribution in [1.82, 2.24) is 14.8 Å². The number of aromatic nitrogens is 3. The lowest BCUT2D eigenvalue weighted by Crippen LogP contribution is -2.29. The number of anilines is 2. The number of Topliss-reactive ketones (excluding diaryl/α,β-unsaturated/α-hetero) is 1. The van der Waals surface area contributed by atoms with Crippen molar-refractivity contribution in [2.75, 3.05) is 11.1 Å². The number of hydrogen-bond acceptors (Lipinski definition) is 5. The van der Waals surface area contributed by atoms with E-state index in [-0.39, 0.29) is 40.8 Å². The smallest absolute Gasteiger partial charge is 0.383 e. The van der Waals surface area contributed by atoms with Crippen LogP contribution in [0.5, 0.6) is 0 Å². The molecule has 1 aromatic carbocycles. The summed E-state index contributed by atoms with van der Waals surface area (Å²) in [7, 11) is 0. The number of nitrogens with one attached hydrogen (secondary N) is 1. The van der Waals surface area contributed by atoms with E-state index < -0.39 is 41.6 Å². The third kappa shape index (κ3) is 4.06. The number of amides is 1. The summed E-state index contributed by atoms with van der Waals surface area (Å²) in [6.07, 6.45) is -1.68. The van der Waals surface area contributed by atoms with Crippen LogP contribution in [0.3, 0.4) is 0 Å². The Labute approximate surface area is 185 Å². The SMILES string of the molecule is C[C@H]1CC(c2ccc(C(F)(F)F)c(CF)c2)C(=O)c2c(NC(=O)c3cccnc3N)cnn21. The summed E-state index contributed by atoms with van der Waals surface area (Å²) in [4.78, 5) is 29.8. The van der Waals surface area contributed by atoms with E-state index in [4.69, 9.17) is 5.73 Å². The van der Waals surface area contributed by atoms with Gasteiger partial charge in [0.05, 0.1) is 35.0 Å². The molecule has 0 saturated heterocycles. The first-order valence-electron chi connectivity index (χ1n) is 10.0. The van der Waals surface area contributed by atoms with Gasteiger partial charge in [0.2, 0.25) is 0 Å². The first-order valence-corrected chi connectivity index (χ1v) is 10.0. The number of rotatable bonds is 4. The summed E-state index contributed by atoms with van der Waals surface area (Å²) in [6, 6.07) is 5.78. The largest absolute Gasteiger partial charge is 0.416 e. The summed E-state index contributed by atoms with van der Waals surface area (Å²) in [5.74, 6) is -1.84. The third-order valence-corrected chi connectivity index (χ3v) is 5.65. The zero-order valence-electron chi connectivity index (χ0n) is 17.4. The number of carbonyl (C=O) groups excluding carboxylic acids is 2. The Morgan fingerprint density at radius 1 is 1.30 bits per heavy atom. The standard InChI is InChI=1S/C22H19F4N5O2/c1-11-7-15(12-4-5-16(22(24,25)26)13(8-12)9-23)19(32)18-17(10-29-31(11)18)30-21(33)14-3-2-6-28-20(14)27/h2-6,8,10-11,15H,7,9H2,1H3,(H2,27,28)(H,30,33)/t11-,15?/m0/s1. The van der Waals surface area contributed by atoms with Crippen LogP contribution >= 0.6 is 0 Å². The van der Waals surface area contributed by atoms with Gasteiger partial charge in [-0.2, -0.15) is 18.3 Å². The lowest BCUT2D eigenvalue weighted by molar-refractivity contribution is -0.138. The zero-order valence-corrected chi connectivity index (χ0v) is 17.4. The van der Waals surface area contributed by atoms with Crippen molar-refractivity contribution in [3.8, 4) is 0 Å². The number of alkyl halides is 4. The maximum absolute atomic E-state index is 13.4. The monoisotopic (exact) mass is 461 g/mol. The quantitative estimate of drug-likeness (QED) is 0.556. The second kappa shape index (κ2) is 8.30. The molecule has 7 nitrogen and oxygen atoms in total. The molecule has 0 spiro atoms. The molecule has 0 aliphatic carbocycles. The second-order valence-electron chi connectivity index (χ2n) is 7.79. The lowest BCUT2D eigenvalue weighted by atomic mass is 9.83. The highest BCUT2D eigenvalue weighted by Crippen LogP contribution is 2.40. The molecule has 4 rings (SSSR count). The molecular weight excluding hydrogens is 442 g/mol. The summed E-state index contributed by atoms with van der Waals surface area (Å²) < 4.78 is 54.3. The molecule has 3 aromatic rings. The minimum atomic E-state index is -4.70. The Morgan fingerprint density at radius 2 is 2.06 bits per heavy atom. The number of halogens is 4. The molecule has 2 atom stereocenters. The Kier molecular flexibility index (Phi) is 5.64. The highest BCUT2D eigenvalue weighted by atomic mass is 19.4. The summed E-state index contributed by atoms with van der Waals surface area (Å²) in [5, 5.41) is 6.80. The normalized spacial score (nSPS) is 18.2. The Morgan fingerprint density at radius 3 is 2.73 bits per heavy atom. The predicted octanol–water partition coefficient (Wildman–Crippen LogP) is 4.53. The van der Waals surface area contributed by atoms with Gasteiger partial charge in [0.1, 0.15) is 18.2 Å². The molecule has 3 N–H and O–H groups in total. The average molecular weight is 461 g/mol. The van der Waals surface area contributed by atoms with Crippen molar-refractivity contribution in [2.45, 2.75) is 38.2 Å². The van der Waals surface area contributed by atoms with E-state index in [2.05, 4.69) is 15.4 Å². The lowest BCUT2D eigenvalue weighted by Gasteiger charge is -2.28. The van der Waals surface area contributed by atoms with Gasteiger partial charge in [-0.1, -0.05) is 12.1 Å². The number of fused-ring (bicyclic) bond motifs is 1. The minimum Gasteiger partial charge on any atom is -0.383 e.